The predicted octanol–water partition coefficient (Wildman–Crippen LogP) is 0.668. The molecular formula is C12H20N6O2S. The summed E-state index contributed by atoms with van der Waals surface area (Å²) in [4.78, 5) is 4.10. The summed E-state index contributed by atoms with van der Waals surface area (Å²) < 4.78 is 28.2. The van der Waals surface area contributed by atoms with Gasteiger partial charge in [-0.25, -0.2) is 4.98 Å². The molecule has 0 amide bonds. The maximum atomic E-state index is 12.7. The van der Waals surface area contributed by atoms with Crippen LogP contribution in [-0.4, -0.2) is 52.3 Å². The van der Waals surface area contributed by atoms with Gasteiger partial charge in [0.15, 0.2) is 0 Å². The molecular weight excluding hydrogens is 292 g/mol. The Labute approximate surface area is 125 Å². The van der Waals surface area contributed by atoms with Crippen molar-refractivity contribution in [2.75, 3.05) is 20.1 Å². The lowest BCUT2D eigenvalue weighted by Crippen LogP contribution is -2.47. The molecule has 1 N–H and O–H groups in total. The molecule has 1 aliphatic heterocycles. The highest BCUT2D eigenvalue weighted by atomic mass is 32.2. The number of hydrogen-bond donors (Lipinski definition) is 1. The number of hydrogen-bond acceptors (Lipinski definition) is 5. The van der Waals surface area contributed by atoms with Gasteiger partial charge in [-0.3, -0.25) is 5.10 Å². The van der Waals surface area contributed by atoms with E-state index in [1.807, 2.05) is 0 Å². The van der Waals surface area contributed by atoms with Crippen LogP contribution in [0.3, 0.4) is 0 Å². The van der Waals surface area contributed by atoms with Crippen LogP contribution >= 0.6 is 0 Å². The van der Waals surface area contributed by atoms with Crippen LogP contribution in [0, 0.1) is 17.2 Å². The number of nitrogens with one attached hydrogen (secondary N) is 1. The highest BCUT2D eigenvalue weighted by molar-refractivity contribution is 7.86. The molecule has 1 aromatic rings. The zero-order valence-electron chi connectivity index (χ0n) is 12.2. The van der Waals surface area contributed by atoms with E-state index >= 15 is 0 Å². The van der Waals surface area contributed by atoms with Gasteiger partial charge in [0.25, 0.3) is 10.2 Å². The zero-order valence-corrected chi connectivity index (χ0v) is 13.0. The van der Waals surface area contributed by atoms with Crippen LogP contribution in [0.2, 0.25) is 0 Å². The summed E-state index contributed by atoms with van der Waals surface area (Å²) in [6, 6.07) is 1.74. The second-order valence-corrected chi connectivity index (χ2v) is 7.30. The summed E-state index contributed by atoms with van der Waals surface area (Å²) in [5, 5.41) is 15.4. The Morgan fingerprint density at radius 1 is 1.62 bits per heavy atom. The number of H-pyrrole nitrogens is 1. The van der Waals surface area contributed by atoms with Crippen LogP contribution in [0.25, 0.3) is 0 Å². The second-order valence-electron chi connectivity index (χ2n) is 5.31. The van der Waals surface area contributed by atoms with E-state index in [1.54, 1.807) is 6.92 Å². The first-order valence-corrected chi connectivity index (χ1v) is 8.34. The topological polar surface area (TPSA) is 106 Å². The first-order valence-electron chi connectivity index (χ1n) is 6.94. The molecule has 0 radical (unpaired) electrons. The minimum Gasteiger partial charge on any atom is -0.262 e. The van der Waals surface area contributed by atoms with Gasteiger partial charge in [0.2, 0.25) is 0 Å². The molecule has 9 heteroatoms. The predicted molar refractivity (Wildman–Crippen MR) is 76.0 cm³/mol. The van der Waals surface area contributed by atoms with E-state index in [9.17, 15) is 8.42 Å². The lowest BCUT2D eigenvalue weighted by molar-refractivity contribution is 0.229. The summed E-state index contributed by atoms with van der Waals surface area (Å²) in [6.07, 6.45) is 3.88. The summed E-state index contributed by atoms with van der Waals surface area (Å²) >= 11 is 0. The van der Waals surface area contributed by atoms with Crippen molar-refractivity contribution < 1.29 is 8.42 Å². The maximum absolute atomic E-state index is 12.7. The minimum absolute atomic E-state index is 0.179. The normalized spacial score (nSPS) is 22.1. The monoisotopic (exact) mass is 312 g/mol. The lowest BCUT2D eigenvalue weighted by Gasteiger charge is -2.36. The zero-order chi connectivity index (χ0) is 15.5. The van der Waals surface area contributed by atoms with Crippen LogP contribution in [0.4, 0.5) is 0 Å². The smallest absolute Gasteiger partial charge is 0.262 e. The van der Waals surface area contributed by atoms with Crippen LogP contribution in [-0.2, 0) is 10.2 Å². The standard InChI is InChI=1S/C12H20N6O2S/c1-10(7-13)8-17(2)21(19,20)18-6-4-3-5-11(18)12-14-9-15-16-12/h9-11H,3-6,8H2,1-2H3,(H,14,15,16)/t10-,11-/m0/s1. The van der Waals surface area contributed by atoms with E-state index in [2.05, 4.69) is 21.3 Å². The van der Waals surface area contributed by atoms with E-state index in [1.165, 1.54) is 22.0 Å². The third kappa shape index (κ3) is 3.40. The number of nitriles is 1. The fraction of sp³-hybridized carbons (Fsp3) is 0.750. The first kappa shape index (κ1) is 15.9. The molecule has 0 spiro atoms. The van der Waals surface area contributed by atoms with Gasteiger partial charge in [0.05, 0.1) is 18.0 Å². The molecule has 116 valence electrons. The van der Waals surface area contributed by atoms with E-state index in [-0.39, 0.29) is 18.5 Å². The fourth-order valence-electron chi connectivity index (χ4n) is 2.53. The Kier molecular flexibility index (Phi) is 4.92. The second kappa shape index (κ2) is 6.51. The quantitative estimate of drug-likeness (QED) is 0.860. The number of aromatic amines is 1. The van der Waals surface area contributed by atoms with E-state index in [0.29, 0.717) is 12.4 Å². The molecule has 0 unspecified atom stereocenters. The molecule has 2 heterocycles. The molecule has 8 nitrogen and oxygen atoms in total. The Balaban J connectivity index is 2.22. The van der Waals surface area contributed by atoms with E-state index < -0.39 is 10.2 Å². The van der Waals surface area contributed by atoms with Gasteiger partial charge in [-0.1, -0.05) is 6.42 Å². The number of piperidine rings is 1. The minimum atomic E-state index is -3.61. The molecule has 1 aromatic heterocycles. The van der Waals surface area contributed by atoms with Crippen molar-refractivity contribution >= 4 is 10.2 Å². The van der Waals surface area contributed by atoms with Crippen molar-refractivity contribution in [3.05, 3.63) is 12.2 Å². The molecule has 0 saturated carbocycles. The first-order chi connectivity index (χ1) is 9.96. The molecule has 0 bridgehead atoms. The van der Waals surface area contributed by atoms with Crippen LogP contribution in [0.1, 0.15) is 38.1 Å². The van der Waals surface area contributed by atoms with Crippen LogP contribution in [0.15, 0.2) is 6.33 Å². The van der Waals surface area contributed by atoms with Crippen molar-refractivity contribution in [2.24, 2.45) is 5.92 Å². The van der Waals surface area contributed by atoms with Crippen LogP contribution in [0.5, 0.6) is 0 Å². The van der Waals surface area contributed by atoms with Gasteiger partial charge in [-0.05, 0) is 19.8 Å². The summed E-state index contributed by atoms with van der Waals surface area (Å²) in [5.41, 5.74) is 0. The number of aromatic nitrogens is 3. The molecule has 0 aliphatic carbocycles. The van der Waals surface area contributed by atoms with Gasteiger partial charge in [-0.2, -0.15) is 27.4 Å². The third-order valence-corrected chi connectivity index (χ3v) is 5.61. The third-order valence-electron chi connectivity index (χ3n) is 3.64. The van der Waals surface area contributed by atoms with Crippen molar-refractivity contribution in [2.45, 2.75) is 32.2 Å². The summed E-state index contributed by atoms with van der Waals surface area (Å²) in [6.45, 7) is 2.34. The molecule has 2 atom stereocenters. The molecule has 0 aromatic carbocycles. The van der Waals surface area contributed by atoms with Crippen molar-refractivity contribution in [1.29, 1.82) is 5.26 Å². The Bertz CT molecular complexity index is 594. The molecule has 2 rings (SSSR count). The van der Waals surface area contributed by atoms with Crippen LogP contribution < -0.4 is 0 Å². The van der Waals surface area contributed by atoms with Gasteiger partial charge < -0.3 is 0 Å². The fourth-order valence-corrected chi connectivity index (χ4v) is 4.19. The average Bonchev–Trinajstić information content (AvgIpc) is 3.01. The largest absolute Gasteiger partial charge is 0.282 e. The average molecular weight is 312 g/mol. The maximum Gasteiger partial charge on any atom is 0.282 e. The molecule has 1 aliphatic rings. The Hall–Kier alpha value is -1.50. The highest BCUT2D eigenvalue weighted by Crippen LogP contribution is 2.31. The summed E-state index contributed by atoms with van der Waals surface area (Å²) in [5.74, 6) is 0.221. The van der Waals surface area contributed by atoms with E-state index in [4.69, 9.17) is 5.26 Å². The lowest BCUT2D eigenvalue weighted by atomic mass is 10.0. The Morgan fingerprint density at radius 2 is 2.38 bits per heavy atom. The molecule has 21 heavy (non-hydrogen) atoms. The van der Waals surface area contributed by atoms with Gasteiger partial charge >= 0.3 is 0 Å². The van der Waals surface area contributed by atoms with Gasteiger partial charge in [0, 0.05) is 20.1 Å². The summed E-state index contributed by atoms with van der Waals surface area (Å²) in [7, 11) is -2.11. The molecule has 1 fully saturated rings. The SMILES string of the molecule is C[C@@H](C#N)CN(C)S(=O)(=O)N1CCCC[C@H]1c1ncn[nH]1. The van der Waals surface area contributed by atoms with Crippen molar-refractivity contribution in [1.82, 2.24) is 23.8 Å². The molecule has 1 saturated heterocycles. The Morgan fingerprint density at radius 3 is 3.00 bits per heavy atom. The van der Waals surface area contributed by atoms with Crippen molar-refractivity contribution in [3.8, 4) is 6.07 Å². The van der Waals surface area contributed by atoms with Crippen molar-refractivity contribution in [3.63, 3.8) is 0 Å². The van der Waals surface area contributed by atoms with E-state index in [0.717, 1.165) is 19.3 Å². The number of rotatable bonds is 5. The number of nitrogens with zero attached hydrogens (tertiary/aromatic N) is 5. The van der Waals surface area contributed by atoms with Gasteiger partial charge in [0.1, 0.15) is 12.2 Å². The highest BCUT2D eigenvalue weighted by Gasteiger charge is 2.37. The van der Waals surface area contributed by atoms with Gasteiger partial charge in [-0.15, -0.1) is 0 Å².